The van der Waals surface area contributed by atoms with Gasteiger partial charge < -0.3 is 5.11 Å². The van der Waals surface area contributed by atoms with Crippen molar-refractivity contribution in [3.05, 3.63) is 0 Å². The number of carboxylic acids is 1. The van der Waals surface area contributed by atoms with E-state index in [0.29, 0.717) is 17.8 Å². The van der Waals surface area contributed by atoms with E-state index < -0.39 is 11.4 Å². The van der Waals surface area contributed by atoms with Crippen LogP contribution in [0.5, 0.6) is 0 Å². The van der Waals surface area contributed by atoms with E-state index in [-0.39, 0.29) is 0 Å². The SMILES string of the molecule is C[C@H]1[C@@H]2CC[C@H]1[C@](C)(C(=O)O)C2. The van der Waals surface area contributed by atoms with Crippen molar-refractivity contribution in [3.8, 4) is 0 Å². The van der Waals surface area contributed by atoms with Gasteiger partial charge in [-0.25, -0.2) is 0 Å². The number of hydrogen-bond donors (Lipinski definition) is 1. The zero-order valence-corrected chi connectivity index (χ0v) is 7.71. The Morgan fingerprint density at radius 2 is 2.17 bits per heavy atom. The molecule has 2 aliphatic carbocycles. The maximum Gasteiger partial charge on any atom is 0.309 e. The van der Waals surface area contributed by atoms with Crippen LogP contribution in [0, 0.1) is 23.2 Å². The summed E-state index contributed by atoms with van der Waals surface area (Å²) in [6.07, 6.45) is 3.30. The van der Waals surface area contributed by atoms with Crippen molar-refractivity contribution >= 4 is 5.97 Å². The molecule has 0 spiro atoms. The molecule has 2 rings (SSSR count). The fourth-order valence-electron chi connectivity index (χ4n) is 3.38. The second-order valence-corrected chi connectivity index (χ2v) is 4.73. The summed E-state index contributed by atoms with van der Waals surface area (Å²) in [6.45, 7) is 4.15. The summed E-state index contributed by atoms with van der Waals surface area (Å²) in [5.41, 5.74) is -0.400. The molecule has 0 aromatic carbocycles. The molecule has 68 valence electrons. The first-order chi connectivity index (χ1) is 5.55. The highest BCUT2D eigenvalue weighted by Crippen LogP contribution is 2.59. The molecule has 0 radical (unpaired) electrons. The monoisotopic (exact) mass is 168 g/mol. The van der Waals surface area contributed by atoms with E-state index in [9.17, 15) is 4.79 Å². The van der Waals surface area contributed by atoms with Crippen LogP contribution in [0.3, 0.4) is 0 Å². The summed E-state index contributed by atoms with van der Waals surface area (Å²) in [4.78, 5) is 11.1. The van der Waals surface area contributed by atoms with Gasteiger partial charge in [0.05, 0.1) is 5.41 Å². The normalized spacial score (nSPS) is 51.3. The molecule has 2 bridgehead atoms. The lowest BCUT2D eigenvalue weighted by atomic mass is 9.74. The maximum atomic E-state index is 11.1. The first-order valence-electron chi connectivity index (χ1n) is 4.79. The smallest absolute Gasteiger partial charge is 0.309 e. The molecule has 2 nitrogen and oxygen atoms in total. The molecule has 0 aromatic rings. The lowest BCUT2D eigenvalue weighted by Gasteiger charge is -2.29. The van der Waals surface area contributed by atoms with Gasteiger partial charge >= 0.3 is 5.97 Å². The van der Waals surface area contributed by atoms with Crippen LogP contribution >= 0.6 is 0 Å². The minimum atomic E-state index is -0.582. The Labute approximate surface area is 73.0 Å². The number of hydrogen-bond acceptors (Lipinski definition) is 1. The quantitative estimate of drug-likeness (QED) is 0.651. The summed E-state index contributed by atoms with van der Waals surface area (Å²) in [7, 11) is 0. The van der Waals surface area contributed by atoms with Crippen molar-refractivity contribution in [1.29, 1.82) is 0 Å². The summed E-state index contributed by atoms with van der Waals surface area (Å²) in [5, 5.41) is 9.11. The third-order valence-electron chi connectivity index (χ3n) is 4.22. The molecule has 1 N–H and O–H groups in total. The zero-order chi connectivity index (χ0) is 8.93. The Morgan fingerprint density at radius 1 is 1.50 bits per heavy atom. The Kier molecular flexibility index (Phi) is 1.51. The fraction of sp³-hybridized carbons (Fsp3) is 0.900. The summed E-state index contributed by atoms with van der Waals surface area (Å²) >= 11 is 0. The highest BCUT2D eigenvalue weighted by molar-refractivity contribution is 5.75. The molecule has 12 heavy (non-hydrogen) atoms. The predicted octanol–water partition coefficient (Wildman–Crippen LogP) is 2.14. The fourth-order valence-corrected chi connectivity index (χ4v) is 3.38. The average molecular weight is 168 g/mol. The first-order valence-corrected chi connectivity index (χ1v) is 4.79. The van der Waals surface area contributed by atoms with Gasteiger partial charge in [-0.3, -0.25) is 4.79 Å². The van der Waals surface area contributed by atoms with Gasteiger partial charge in [-0.15, -0.1) is 0 Å². The van der Waals surface area contributed by atoms with Crippen molar-refractivity contribution in [2.45, 2.75) is 33.1 Å². The lowest BCUT2D eigenvalue weighted by Crippen LogP contribution is -2.33. The molecule has 0 aromatic heterocycles. The van der Waals surface area contributed by atoms with E-state index in [2.05, 4.69) is 6.92 Å². The minimum Gasteiger partial charge on any atom is -0.481 e. The van der Waals surface area contributed by atoms with Crippen molar-refractivity contribution in [3.63, 3.8) is 0 Å². The Hall–Kier alpha value is -0.530. The molecule has 4 atom stereocenters. The molecule has 2 fully saturated rings. The summed E-state index contributed by atoms with van der Waals surface area (Å²) < 4.78 is 0. The van der Waals surface area contributed by atoms with Gasteiger partial charge in [0.2, 0.25) is 0 Å². The van der Waals surface area contributed by atoms with E-state index in [0.717, 1.165) is 12.8 Å². The lowest BCUT2D eigenvalue weighted by molar-refractivity contribution is -0.151. The van der Waals surface area contributed by atoms with Crippen LogP contribution in [-0.4, -0.2) is 11.1 Å². The summed E-state index contributed by atoms with van der Waals surface area (Å²) in [5.74, 6) is 1.20. The van der Waals surface area contributed by atoms with Crippen LogP contribution in [0.15, 0.2) is 0 Å². The molecule has 2 saturated carbocycles. The predicted molar refractivity (Wildman–Crippen MR) is 45.7 cm³/mol. The minimum absolute atomic E-state index is 0.400. The number of carbonyl (C=O) groups is 1. The van der Waals surface area contributed by atoms with Gasteiger partial charge in [0, 0.05) is 0 Å². The first kappa shape index (κ1) is 8.09. The molecular weight excluding hydrogens is 152 g/mol. The van der Waals surface area contributed by atoms with Crippen molar-refractivity contribution in [2.24, 2.45) is 23.2 Å². The largest absolute Gasteiger partial charge is 0.481 e. The van der Waals surface area contributed by atoms with Gasteiger partial charge in [0.15, 0.2) is 0 Å². The maximum absolute atomic E-state index is 11.1. The van der Waals surface area contributed by atoms with E-state index in [1.54, 1.807) is 0 Å². The zero-order valence-electron chi connectivity index (χ0n) is 7.71. The van der Waals surface area contributed by atoms with Crippen molar-refractivity contribution < 1.29 is 9.90 Å². The Balaban J connectivity index is 2.28. The Morgan fingerprint density at radius 3 is 2.42 bits per heavy atom. The van der Waals surface area contributed by atoms with E-state index in [1.807, 2.05) is 6.92 Å². The third kappa shape index (κ3) is 0.782. The topological polar surface area (TPSA) is 37.3 Å². The summed E-state index contributed by atoms with van der Waals surface area (Å²) in [6, 6.07) is 0. The highest BCUT2D eigenvalue weighted by atomic mass is 16.4. The molecule has 0 saturated heterocycles. The number of rotatable bonds is 1. The third-order valence-corrected chi connectivity index (χ3v) is 4.22. The van der Waals surface area contributed by atoms with Crippen molar-refractivity contribution in [2.75, 3.05) is 0 Å². The van der Waals surface area contributed by atoms with E-state index in [1.165, 1.54) is 6.42 Å². The van der Waals surface area contributed by atoms with Crippen LogP contribution in [0.25, 0.3) is 0 Å². The second-order valence-electron chi connectivity index (χ2n) is 4.73. The number of aliphatic carboxylic acids is 1. The van der Waals surface area contributed by atoms with Crippen LogP contribution < -0.4 is 0 Å². The molecular formula is C10H16O2. The number of carboxylic acid groups (broad SMARTS) is 1. The molecule has 0 heterocycles. The molecule has 0 amide bonds. The molecule has 2 heteroatoms. The highest BCUT2D eigenvalue weighted by Gasteiger charge is 2.56. The molecule has 0 unspecified atom stereocenters. The van der Waals surface area contributed by atoms with Crippen molar-refractivity contribution in [1.82, 2.24) is 0 Å². The van der Waals surface area contributed by atoms with Gasteiger partial charge in [-0.05, 0) is 43.9 Å². The van der Waals surface area contributed by atoms with E-state index >= 15 is 0 Å². The van der Waals surface area contributed by atoms with Crippen LogP contribution in [-0.2, 0) is 4.79 Å². The average Bonchev–Trinajstić information content (AvgIpc) is 2.44. The van der Waals surface area contributed by atoms with Gasteiger partial charge in [-0.1, -0.05) is 6.92 Å². The van der Waals surface area contributed by atoms with E-state index in [4.69, 9.17) is 5.11 Å². The van der Waals surface area contributed by atoms with Crippen LogP contribution in [0.1, 0.15) is 33.1 Å². The van der Waals surface area contributed by atoms with Gasteiger partial charge in [0.1, 0.15) is 0 Å². The molecule has 2 aliphatic rings. The number of fused-ring (bicyclic) bond motifs is 2. The Bertz CT molecular complexity index is 224. The van der Waals surface area contributed by atoms with Gasteiger partial charge in [0.25, 0.3) is 0 Å². The standard InChI is InChI=1S/C10H16O2/c1-6-7-3-4-8(6)10(2,5-7)9(11)12/h6-8H,3-5H2,1-2H3,(H,11,12)/t6-,7+,8+,10+/m0/s1. The second kappa shape index (κ2) is 2.24. The van der Waals surface area contributed by atoms with Crippen LogP contribution in [0.4, 0.5) is 0 Å². The molecule has 0 aliphatic heterocycles. The van der Waals surface area contributed by atoms with Crippen LogP contribution in [0.2, 0.25) is 0 Å². The van der Waals surface area contributed by atoms with Gasteiger partial charge in [-0.2, -0.15) is 0 Å².